The first-order valence-electron chi connectivity index (χ1n) is 14.5. The van der Waals surface area contributed by atoms with Gasteiger partial charge in [0.1, 0.15) is 0 Å². The Morgan fingerprint density at radius 3 is 2.12 bits per heavy atom. The van der Waals surface area contributed by atoms with E-state index in [-0.39, 0.29) is 22.9 Å². The van der Waals surface area contributed by atoms with Crippen molar-refractivity contribution in [2.24, 2.45) is 0 Å². The van der Waals surface area contributed by atoms with E-state index >= 15 is 0 Å². The molecule has 2 aliphatic rings. The summed E-state index contributed by atoms with van der Waals surface area (Å²) in [4.78, 5) is 37.9. The Labute approximate surface area is 248 Å². The number of aromatic nitrogens is 2. The number of benzene rings is 1. The Morgan fingerprint density at radius 2 is 1.52 bits per heavy atom. The number of ether oxygens (including phenoxy) is 4. The molecule has 4 rings (SSSR count). The highest BCUT2D eigenvalue weighted by atomic mass is 16.6. The molecule has 1 aromatic carbocycles. The van der Waals surface area contributed by atoms with Crippen LogP contribution in [0.15, 0.2) is 42.7 Å². The van der Waals surface area contributed by atoms with Crippen molar-refractivity contribution in [3.8, 4) is 0 Å². The summed E-state index contributed by atoms with van der Waals surface area (Å²) in [5.74, 6) is -0.355. The summed E-state index contributed by atoms with van der Waals surface area (Å²) in [7, 11) is 5.89. The fourth-order valence-corrected chi connectivity index (χ4v) is 5.66. The number of nitrogens with one attached hydrogen (secondary N) is 2. The van der Waals surface area contributed by atoms with Gasteiger partial charge in [-0.2, -0.15) is 0 Å². The van der Waals surface area contributed by atoms with E-state index in [0.717, 1.165) is 25.7 Å². The van der Waals surface area contributed by atoms with Crippen LogP contribution in [0.25, 0.3) is 0 Å². The Hall–Kier alpha value is -3.16. The highest BCUT2D eigenvalue weighted by Crippen LogP contribution is 2.46. The fourth-order valence-electron chi connectivity index (χ4n) is 5.66. The lowest BCUT2D eigenvalue weighted by atomic mass is 9.69. The topological polar surface area (TPSA) is 127 Å². The first-order chi connectivity index (χ1) is 20.4. The molecule has 42 heavy (non-hydrogen) atoms. The SMILES string of the molecule is COCCOCCOCCOCCNC(=O)c1ncc(N2CC3(CCC(c4ccccc4)(N(C)C)CC3)NC2=O)cn1. The molecule has 0 atom stereocenters. The summed E-state index contributed by atoms with van der Waals surface area (Å²) in [5, 5.41) is 6.00. The van der Waals surface area contributed by atoms with Gasteiger partial charge >= 0.3 is 6.03 Å². The largest absolute Gasteiger partial charge is 0.382 e. The molecule has 2 aromatic rings. The fraction of sp³-hybridized carbons (Fsp3) is 0.600. The Morgan fingerprint density at radius 1 is 0.929 bits per heavy atom. The monoisotopic (exact) mass is 584 g/mol. The quantitative estimate of drug-likeness (QED) is 0.286. The molecule has 1 aliphatic heterocycles. The highest BCUT2D eigenvalue weighted by Gasteiger charge is 2.50. The average molecular weight is 585 g/mol. The molecule has 0 bridgehead atoms. The van der Waals surface area contributed by atoms with E-state index in [9.17, 15) is 9.59 Å². The summed E-state index contributed by atoms with van der Waals surface area (Å²) in [5.41, 5.74) is 1.52. The lowest BCUT2D eigenvalue weighted by Gasteiger charge is -2.48. The second kappa shape index (κ2) is 15.4. The number of nitrogens with zero attached hydrogens (tertiary/aromatic N) is 4. The van der Waals surface area contributed by atoms with E-state index in [1.165, 1.54) is 18.0 Å². The maximum Gasteiger partial charge on any atom is 0.322 e. The molecule has 12 heteroatoms. The third-order valence-electron chi connectivity index (χ3n) is 8.14. The number of urea groups is 1. The van der Waals surface area contributed by atoms with E-state index < -0.39 is 5.91 Å². The van der Waals surface area contributed by atoms with Gasteiger partial charge in [-0.25, -0.2) is 14.8 Å². The average Bonchev–Trinajstić information content (AvgIpc) is 3.33. The molecule has 1 saturated heterocycles. The molecule has 2 fully saturated rings. The van der Waals surface area contributed by atoms with Gasteiger partial charge in [0.15, 0.2) is 0 Å². The van der Waals surface area contributed by atoms with Gasteiger partial charge in [0.05, 0.1) is 76.4 Å². The molecular formula is C30H44N6O6. The summed E-state index contributed by atoms with van der Waals surface area (Å²) in [6, 6.07) is 10.4. The van der Waals surface area contributed by atoms with Crippen LogP contribution in [0.3, 0.4) is 0 Å². The Balaban J connectivity index is 1.19. The van der Waals surface area contributed by atoms with Crippen molar-refractivity contribution in [2.45, 2.75) is 36.8 Å². The zero-order valence-electron chi connectivity index (χ0n) is 25.0. The van der Waals surface area contributed by atoms with Crippen LogP contribution in [0.1, 0.15) is 41.9 Å². The van der Waals surface area contributed by atoms with Crippen LogP contribution in [0.5, 0.6) is 0 Å². The molecule has 0 unspecified atom stereocenters. The number of hydrogen-bond acceptors (Lipinski definition) is 9. The maximum atomic E-state index is 13.0. The van der Waals surface area contributed by atoms with Crippen LogP contribution in [0.2, 0.25) is 0 Å². The van der Waals surface area contributed by atoms with Gasteiger partial charge in [0, 0.05) is 19.2 Å². The number of amides is 3. The standard InChI is InChI=1S/C30H44N6O6/c1-35(2)30(24-7-5-4-6-8-24)11-9-29(10-12-30)23-36(28(38)34-29)25-21-32-26(33-22-25)27(37)31-13-14-40-17-18-42-20-19-41-16-15-39-3/h4-8,21-22H,9-20,23H2,1-3H3,(H,31,37)(H,34,38). The van der Waals surface area contributed by atoms with Crippen molar-refractivity contribution in [1.82, 2.24) is 25.5 Å². The minimum Gasteiger partial charge on any atom is -0.382 e. The minimum atomic E-state index is -0.398. The molecule has 0 radical (unpaired) electrons. The molecule has 12 nitrogen and oxygen atoms in total. The highest BCUT2D eigenvalue weighted by molar-refractivity contribution is 5.95. The van der Waals surface area contributed by atoms with Gasteiger partial charge in [-0.3, -0.25) is 14.6 Å². The van der Waals surface area contributed by atoms with Crippen LogP contribution in [0.4, 0.5) is 10.5 Å². The molecule has 1 aliphatic carbocycles. The maximum absolute atomic E-state index is 13.0. The smallest absolute Gasteiger partial charge is 0.322 e. The van der Waals surface area contributed by atoms with E-state index in [1.807, 2.05) is 6.07 Å². The van der Waals surface area contributed by atoms with Gasteiger partial charge < -0.3 is 29.6 Å². The van der Waals surface area contributed by atoms with Gasteiger partial charge in [-0.1, -0.05) is 30.3 Å². The van der Waals surface area contributed by atoms with Crippen LogP contribution in [0, 0.1) is 0 Å². The van der Waals surface area contributed by atoms with Crippen LogP contribution in [-0.4, -0.2) is 113 Å². The van der Waals surface area contributed by atoms with Crippen LogP contribution < -0.4 is 15.5 Å². The zero-order valence-corrected chi connectivity index (χ0v) is 25.0. The molecule has 2 N–H and O–H groups in total. The Kier molecular flexibility index (Phi) is 11.6. The van der Waals surface area contributed by atoms with Crippen molar-refractivity contribution in [2.75, 3.05) is 85.4 Å². The lowest BCUT2D eigenvalue weighted by molar-refractivity contribution is 0.00414. The van der Waals surface area contributed by atoms with Crippen LogP contribution >= 0.6 is 0 Å². The Bertz CT molecular complexity index is 1120. The summed E-state index contributed by atoms with van der Waals surface area (Å²) in [6.45, 7) is 4.17. The number of carbonyl (C=O) groups excluding carboxylic acids is 2. The molecule has 2 heterocycles. The van der Waals surface area contributed by atoms with Gasteiger partial charge in [-0.05, 0) is 45.3 Å². The van der Waals surface area contributed by atoms with Gasteiger partial charge in [0.2, 0.25) is 5.82 Å². The molecular weight excluding hydrogens is 540 g/mol. The van der Waals surface area contributed by atoms with Gasteiger partial charge in [-0.15, -0.1) is 0 Å². The van der Waals surface area contributed by atoms with Crippen molar-refractivity contribution in [1.29, 1.82) is 0 Å². The minimum absolute atomic E-state index is 0.0427. The molecule has 3 amide bonds. The van der Waals surface area contributed by atoms with E-state index in [2.05, 4.69) is 63.9 Å². The summed E-state index contributed by atoms with van der Waals surface area (Å²) in [6.07, 6.45) is 6.67. The summed E-state index contributed by atoms with van der Waals surface area (Å²) < 4.78 is 21.1. The van der Waals surface area contributed by atoms with Gasteiger partial charge in [0.25, 0.3) is 5.91 Å². The third kappa shape index (κ3) is 8.01. The first-order valence-corrected chi connectivity index (χ1v) is 14.5. The van der Waals surface area contributed by atoms with E-state index in [1.54, 1.807) is 12.0 Å². The number of carbonyl (C=O) groups is 2. The van der Waals surface area contributed by atoms with Crippen molar-refractivity contribution in [3.63, 3.8) is 0 Å². The van der Waals surface area contributed by atoms with Crippen LogP contribution in [-0.2, 0) is 24.5 Å². The third-order valence-corrected chi connectivity index (χ3v) is 8.14. The lowest BCUT2D eigenvalue weighted by Crippen LogP contribution is -2.54. The van der Waals surface area contributed by atoms with Crippen molar-refractivity contribution >= 4 is 17.6 Å². The predicted octanol–water partition coefficient (Wildman–Crippen LogP) is 2.20. The number of hydrogen-bond donors (Lipinski definition) is 2. The zero-order chi connectivity index (χ0) is 29.8. The number of rotatable bonds is 16. The second-order valence-electron chi connectivity index (χ2n) is 10.9. The number of methoxy groups -OCH3 is 1. The van der Waals surface area contributed by atoms with Crippen molar-refractivity contribution in [3.05, 3.63) is 54.1 Å². The second-order valence-corrected chi connectivity index (χ2v) is 10.9. The molecule has 1 spiro atoms. The molecule has 1 saturated carbocycles. The normalized spacial score (nSPS) is 22.1. The first kappa shape index (κ1) is 31.8. The van der Waals surface area contributed by atoms with E-state index in [0.29, 0.717) is 65.0 Å². The number of anilines is 1. The summed E-state index contributed by atoms with van der Waals surface area (Å²) >= 11 is 0. The molecule has 230 valence electrons. The van der Waals surface area contributed by atoms with Crippen molar-refractivity contribution < 1.29 is 28.5 Å². The predicted molar refractivity (Wildman–Crippen MR) is 158 cm³/mol. The van der Waals surface area contributed by atoms with E-state index in [4.69, 9.17) is 18.9 Å². The molecule has 1 aromatic heterocycles.